The lowest BCUT2D eigenvalue weighted by Crippen LogP contribution is -2.48. The van der Waals surface area contributed by atoms with Crippen LogP contribution in [-0.4, -0.2) is 47.9 Å². The minimum Gasteiger partial charge on any atom is -0.459 e. The van der Waals surface area contributed by atoms with E-state index in [-0.39, 0.29) is 11.9 Å². The Hall–Kier alpha value is -2.56. The summed E-state index contributed by atoms with van der Waals surface area (Å²) in [6, 6.07) is 22.3. The first-order valence-corrected chi connectivity index (χ1v) is 11.4. The first-order chi connectivity index (χ1) is 15.2. The van der Waals surface area contributed by atoms with Crippen LogP contribution in [0.2, 0.25) is 5.02 Å². The summed E-state index contributed by atoms with van der Waals surface area (Å²) in [4.78, 5) is 17.7. The van der Waals surface area contributed by atoms with Crippen molar-refractivity contribution < 1.29 is 9.21 Å². The van der Waals surface area contributed by atoms with Gasteiger partial charge in [-0.3, -0.25) is 4.79 Å². The Bertz CT molecular complexity index is 933. The van der Waals surface area contributed by atoms with E-state index in [1.807, 2.05) is 35.2 Å². The molecule has 0 spiro atoms. The normalized spacial score (nSPS) is 15.1. The summed E-state index contributed by atoms with van der Waals surface area (Å²) in [7, 11) is 0. The number of halogens is 1. The first-order valence-electron chi connectivity index (χ1n) is 11.0. The van der Waals surface area contributed by atoms with Gasteiger partial charge in [0.25, 0.3) is 5.91 Å². The molecule has 31 heavy (non-hydrogen) atoms. The largest absolute Gasteiger partial charge is 0.459 e. The van der Waals surface area contributed by atoms with Crippen LogP contribution >= 0.6 is 11.6 Å². The standard InChI is InChI=1S/C26H29ClN2O2/c27-23-10-8-22(9-11-23)12-16-28-17-14-24(15-18-28)29(26(30)25-7-4-20-31-25)19-13-21-5-2-1-3-6-21/h1-11,20,24H,12-19H2. The van der Waals surface area contributed by atoms with Crippen molar-refractivity contribution in [2.75, 3.05) is 26.2 Å². The van der Waals surface area contributed by atoms with Gasteiger partial charge in [0.05, 0.1) is 6.26 Å². The van der Waals surface area contributed by atoms with Crippen LogP contribution in [0, 0.1) is 0 Å². The SMILES string of the molecule is O=C(c1ccco1)N(CCc1ccccc1)C1CCN(CCc2ccc(Cl)cc2)CC1. The zero-order chi connectivity index (χ0) is 21.5. The molecule has 0 radical (unpaired) electrons. The third kappa shape index (κ3) is 5.99. The van der Waals surface area contributed by atoms with Gasteiger partial charge in [0.15, 0.2) is 5.76 Å². The highest BCUT2D eigenvalue weighted by molar-refractivity contribution is 6.30. The van der Waals surface area contributed by atoms with Gasteiger partial charge in [0, 0.05) is 37.2 Å². The summed E-state index contributed by atoms with van der Waals surface area (Å²) < 4.78 is 5.43. The molecule has 0 N–H and O–H groups in total. The number of furan rings is 1. The predicted molar refractivity (Wildman–Crippen MR) is 125 cm³/mol. The lowest BCUT2D eigenvalue weighted by molar-refractivity contribution is 0.0546. The highest BCUT2D eigenvalue weighted by Crippen LogP contribution is 2.21. The molecule has 0 unspecified atom stereocenters. The predicted octanol–water partition coefficient (Wildman–Crippen LogP) is 5.33. The van der Waals surface area contributed by atoms with Crippen LogP contribution in [0.5, 0.6) is 0 Å². The molecule has 162 valence electrons. The second kappa shape index (κ2) is 10.7. The quantitative estimate of drug-likeness (QED) is 0.479. The van der Waals surface area contributed by atoms with Crippen LogP contribution < -0.4 is 0 Å². The number of carbonyl (C=O) groups is 1. The molecule has 1 amide bonds. The molecule has 5 heteroatoms. The number of amides is 1. The van der Waals surface area contributed by atoms with Gasteiger partial charge >= 0.3 is 0 Å². The van der Waals surface area contributed by atoms with Gasteiger partial charge in [-0.05, 0) is 61.1 Å². The van der Waals surface area contributed by atoms with Crippen LogP contribution in [0.4, 0.5) is 0 Å². The summed E-state index contributed by atoms with van der Waals surface area (Å²) in [6.07, 6.45) is 5.42. The van der Waals surface area contributed by atoms with E-state index in [0.29, 0.717) is 12.3 Å². The van der Waals surface area contributed by atoms with Crippen LogP contribution in [0.15, 0.2) is 77.4 Å². The summed E-state index contributed by atoms with van der Waals surface area (Å²) in [5, 5.41) is 0.779. The Labute approximate surface area is 189 Å². The smallest absolute Gasteiger partial charge is 0.289 e. The zero-order valence-corrected chi connectivity index (χ0v) is 18.5. The minimum absolute atomic E-state index is 0.000505. The molecule has 1 saturated heterocycles. The molecular formula is C26H29ClN2O2. The molecule has 1 aliphatic heterocycles. The summed E-state index contributed by atoms with van der Waals surface area (Å²) in [6.45, 7) is 3.75. The minimum atomic E-state index is 0.000505. The highest BCUT2D eigenvalue weighted by atomic mass is 35.5. The van der Waals surface area contributed by atoms with E-state index in [4.69, 9.17) is 16.0 Å². The average molecular weight is 437 g/mol. The summed E-state index contributed by atoms with van der Waals surface area (Å²) in [5.74, 6) is 0.429. The second-order valence-corrected chi connectivity index (χ2v) is 8.60. The summed E-state index contributed by atoms with van der Waals surface area (Å²) >= 11 is 5.98. The van der Waals surface area contributed by atoms with Crippen molar-refractivity contribution in [3.05, 3.63) is 94.9 Å². The number of likely N-dealkylation sites (tertiary alicyclic amines) is 1. The van der Waals surface area contributed by atoms with Crippen LogP contribution in [-0.2, 0) is 12.8 Å². The van der Waals surface area contributed by atoms with Gasteiger partial charge in [-0.2, -0.15) is 0 Å². The molecule has 0 saturated carbocycles. The first kappa shape index (κ1) is 21.7. The molecule has 0 atom stereocenters. The lowest BCUT2D eigenvalue weighted by Gasteiger charge is -2.38. The van der Waals surface area contributed by atoms with E-state index in [9.17, 15) is 4.79 Å². The van der Waals surface area contributed by atoms with E-state index >= 15 is 0 Å². The summed E-state index contributed by atoms with van der Waals surface area (Å²) in [5.41, 5.74) is 2.56. The van der Waals surface area contributed by atoms with Gasteiger partial charge in [-0.15, -0.1) is 0 Å². The van der Waals surface area contributed by atoms with E-state index in [1.54, 1.807) is 18.4 Å². The molecule has 0 bridgehead atoms. The molecule has 3 aromatic rings. The number of piperidine rings is 1. The zero-order valence-electron chi connectivity index (χ0n) is 17.8. The highest BCUT2D eigenvalue weighted by Gasteiger charge is 2.29. The van der Waals surface area contributed by atoms with Crippen molar-refractivity contribution in [1.82, 2.24) is 9.80 Å². The Morgan fingerprint density at radius 1 is 0.935 bits per heavy atom. The van der Waals surface area contributed by atoms with Crippen molar-refractivity contribution in [3.63, 3.8) is 0 Å². The fourth-order valence-electron chi connectivity index (χ4n) is 4.28. The number of rotatable bonds is 8. The van der Waals surface area contributed by atoms with Crippen molar-refractivity contribution >= 4 is 17.5 Å². The fraction of sp³-hybridized carbons (Fsp3) is 0.346. The second-order valence-electron chi connectivity index (χ2n) is 8.16. The molecule has 1 fully saturated rings. The lowest BCUT2D eigenvalue weighted by atomic mass is 10.0. The van der Waals surface area contributed by atoms with Crippen molar-refractivity contribution in [2.24, 2.45) is 0 Å². The van der Waals surface area contributed by atoms with Gasteiger partial charge in [0.2, 0.25) is 0 Å². The number of hydrogen-bond donors (Lipinski definition) is 0. The topological polar surface area (TPSA) is 36.7 Å². The van der Waals surface area contributed by atoms with Crippen molar-refractivity contribution in [2.45, 2.75) is 31.7 Å². The maximum absolute atomic E-state index is 13.2. The van der Waals surface area contributed by atoms with Crippen molar-refractivity contribution in [3.8, 4) is 0 Å². The van der Waals surface area contributed by atoms with E-state index in [0.717, 1.165) is 50.3 Å². The Morgan fingerprint density at radius 3 is 2.32 bits per heavy atom. The third-order valence-electron chi connectivity index (χ3n) is 6.10. The van der Waals surface area contributed by atoms with E-state index in [1.165, 1.54) is 11.1 Å². The van der Waals surface area contributed by atoms with E-state index in [2.05, 4.69) is 29.2 Å². The Balaban J connectivity index is 1.34. The van der Waals surface area contributed by atoms with Crippen LogP contribution in [0.25, 0.3) is 0 Å². The molecule has 1 aliphatic rings. The Morgan fingerprint density at radius 2 is 1.65 bits per heavy atom. The fourth-order valence-corrected chi connectivity index (χ4v) is 4.40. The maximum atomic E-state index is 13.2. The number of carbonyl (C=O) groups excluding carboxylic acids is 1. The van der Waals surface area contributed by atoms with Gasteiger partial charge in [0.1, 0.15) is 0 Å². The van der Waals surface area contributed by atoms with Crippen molar-refractivity contribution in [1.29, 1.82) is 0 Å². The molecule has 4 nitrogen and oxygen atoms in total. The molecule has 2 heterocycles. The molecule has 0 aliphatic carbocycles. The molecule has 1 aromatic heterocycles. The Kier molecular flexibility index (Phi) is 7.44. The molecular weight excluding hydrogens is 408 g/mol. The molecule has 4 rings (SSSR count). The maximum Gasteiger partial charge on any atom is 0.289 e. The third-order valence-corrected chi connectivity index (χ3v) is 6.36. The van der Waals surface area contributed by atoms with Gasteiger partial charge in [-0.25, -0.2) is 0 Å². The monoisotopic (exact) mass is 436 g/mol. The van der Waals surface area contributed by atoms with Crippen LogP contribution in [0.1, 0.15) is 34.5 Å². The molecule has 2 aromatic carbocycles. The average Bonchev–Trinajstić information content (AvgIpc) is 3.35. The van der Waals surface area contributed by atoms with Gasteiger partial charge in [-0.1, -0.05) is 54.1 Å². The van der Waals surface area contributed by atoms with E-state index < -0.39 is 0 Å². The van der Waals surface area contributed by atoms with Gasteiger partial charge < -0.3 is 14.2 Å². The number of hydrogen-bond acceptors (Lipinski definition) is 3. The number of benzene rings is 2. The number of nitrogens with zero attached hydrogens (tertiary/aromatic N) is 2. The van der Waals surface area contributed by atoms with Crippen LogP contribution in [0.3, 0.4) is 0 Å².